The molecule has 0 bridgehead atoms. The minimum absolute atomic E-state index is 0.242. The summed E-state index contributed by atoms with van der Waals surface area (Å²) in [6.07, 6.45) is 0. The number of hydrogen-bond acceptors (Lipinski definition) is 5. The van der Waals surface area contributed by atoms with Gasteiger partial charge in [0.2, 0.25) is 7.37 Å². The first-order chi connectivity index (χ1) is 8.86. The number of thioether (sulfide) groups is 1. The Morgan fingerprint density at radius 3 is 2.47 bits per heavy atom. The highest BCUT2D eigenvalue weighted by atomic mass is 32.2. The molecule has 19 heavy (non-hydrogen) atoms. The van der Waals surface area contributed by atoms with E-state index in [0.717, 1.165) is 5.56 Å². The molecule has 0 heterocycles. The van der Waals surface area contributed by atoms with Crippen molar-refractivity contribution >= 4 is 41.3 Å². The molecule has 0 saturated heterocycles. The fourth-order valence-electron chi connectivity index (χ4n) is 1.30. The largest absolute Gasteiger partial charge is 0.478 e. The van der Waals surface area contributed by atoms with Crippen molar-refractivity contribution in [2.24, 2.45) is 0 Å². The van der Waals surface area contributed by atoms with Crippen LogP contribution in [-0.4, -0.2) is 28.3 Å². The van der Waals surface area contributed by atoms with Gasteiger partial charge in [-0.05, 0) is 24.6 Å². The fourth-order valence-corrected chi connectivity index (χ4v) is 4.01. The van der Waals surface area contributed by atoms with E-state index in [0.29, 0.717) is 16.3 Å². The van der Waals surface area contributed by atoms with E-state index in [4.69, 9.17) is 21.8 Å². The van der Waals surface area contributed by atoms with E-state index in [1.165, 1.54) is 30.6 Å². The predicted octanol–water partition coefficient (Wildman–Crippen LogP) is 3.85. The Morgan fingerprint density at radius 2 is 2.00 bits per heavy atom. The number of carbonyl (C=O) groups is 1. The van der Waals surface area contributed by atoms with Crippen LogP contribution in [0.2, 0.25) is 0 Å². The first-order valence-electron chi connectivity index (χ1n) is 5.58. The minimum Gasteiger partial charge on any atom is -0.478 e. The van der Waals surface area contributed by atoms with Crippen LogP contribution < -0.4 is 0 Å². The van der Waals surface area contributed by atoms with Crippen LogP contribution in [0.25, 0.3) is 0 Å². The van der Waals surface area contributed by atoms with Crippen molar-refractivity contribution < 1.29 is 19.0 Å². The van der Waals surface area contributed by atoms with Crippen molar-refractivity contribution in [3.8, 4) is 0 Å². The molecule has 1 rings (SSSR count). The maximum atomic E-state index is 12.0. The lowest BCUT2D eigenvalue weighted by atomic mass is 10.1. The van der Waals surface area contributed by atoms with Crippen LogP contribution in [0.4, 0.5) is 0 Å². The molecule has 1 N–H and O–H groups in total. The molecule has 1 aromatic rings. The quantitative estimate of drug-likeness (QED) is 0.635. The number of carboxylic acids is 1. The molecule has 0 aliphatic heterocycles. The van der Waals surface area contributed by atoms with Gasteiger partial charge in [-0.2, -0.15) is 0 Å². The summed E-state index contributed by atoms with van der Waals surface area (Å²) in [5.74, 6) is -0.409. The Balaban J connectivity index is 2.60. The van der Waals surface area contributed by atoms with E-state index in [-0.39, 0.29) is 5.56 Å². The van der Waals surface area contributed by atoms with E-state index in [9.17, 15) is 9.36 Å². The molecular weight excluding hydrogens is 303 g/mol. The summed E-state index contributed by atoms with van der Waals surface area (Å²) in [5.41, 5.74) is 1.17. The molecule has 1 atom stereocenters. The van der Waals surface area contributed by atoms with Crippen LogP contribution in [0.5, 0.6) is 0 Å². The lowest BCUT2D eigenvalue weighted by Crippen LogP contribution is -1.98. The Bertz CT molecular complexity index is 513. The second-order valence-electron chi connectivity index (χ2n) is 3.82. The van der Waals surface area contributed by atoms with E-state index in [2.05, 4.69) is 0 Å². The summed E-state index contributed by atoms with van der Waals surface area (Å²) in [6, 6.07) is 6.52. The lowest BCUT2D eigenvalue weighted by Gasteiger charge is -2.13. The van der Waals surface area contributed by atoms with E-state index >= 15 is 0 Å². The van der Waals surface area contributed by atoms with E-state index in [1.807, 2.05) is 0 Å². The molecule has 0 aromatic heterocycles. The van der Waals surface area contributed by atoms with Crippen LogP contribution in [0.15, 0.2) is 24.3 Å². The third-order valence-corrected chi connectivity index (χ3v) is 7.14. The minimum atomic E-state index is -2.85. The van der Waals surface area contributed by atoms with Crippen molar-refractivity contribution in [1.82, 2.24) is 0 Å². The highest BCUT2D eigenvalue weighted by Crippen LogP contribution is 2.49. The third-order valence-electron chi connectivity index (χ3n) is 2.27. The number of benzene rings is 1. The van der Waals surface area contributed by atoms with E-state index < -0.39 is 13.3 Å². The van der Waals surface area contributed by atoms with Gasteiger partial charge in [0.15, 0.2) is 0 Å². The number of carboxylic acid groups (broad SMARTS) is 1. The first-order valence-corrected chi connectivity index (χ1v) is 9.05. The maximum absolute atomic E-state index is 12.0. The van der Waals surface area contributed by atoms with Gasteiger partial charge in [-0.15, -0.1) is 11.8 Å². The van der Waals surface area contributed by atoms with Gasteiger partial charge in [0.1, 0.15) is 3.94 Å². The van der Waals surface area contributed by atoms with Gasteiger partial charge in [-0.3, -0.25) is 4.57 Å². The molecule has 0 fully saturated rings. The Morgan fingerprint density at radius 1 is 1.42 bits per heavy atom. The molecule has 0 saturated carbocycles. The Labute approximate surface area is 122 Å². The molecule has 1 unspecified atom stereocenters. The van der Waals surface area contributed by atoms with Crippen molar-refractivity contribution in [2.45, 2.75) is 12.7 Å². The molecule has 0 spiro atoms. The predicted molar refractivity (Wildman–Crippen MR) is 82.5 cm³/mol. The summed E-state index contributed by atoms with van der Waals surface area (Å²) in [7, 11) is -2.85. The molecule has 1 aromatic carbocycles. The van der Waals surface area contributed by atoms with Crippen LogP contribution in [0, 0.1) is 0 Å². The molecular formula is C12H15O4PS2. The second-order valence-corrected chi connectivity index (χ2v) is 8.47. The molecule has 0 radical (unpaired) electrons. The van der Waals surface area contributed by atoms with Crippen molar-refractivity contribution in [2.75, 3.05) is 13.3 Å². The highest BCUT2D eigenvalue weighted by Gasteiger charge is 2.22. The van der Waals surface area contributed by atoms with Gasteiger partial charge in [0.25, 0.3) is 0 Å². The standard InChI is InChI=1S/C12H15O4PS2/c1-3-16-17(2,15)12(18)19-8-9-4-6-10(7-5-9)11(13)14/h4-7H,3,8H2,1-2H3,(H,13,14). The smallest absolute Gasteiger partial charge is 0.335 e. The van der Waals surface area contributed by atoms with Crippen LogP contribution in [0.3, 0.4) is 0 Å². The van der Waals surface area contributed by atoms with Crippen LogP contribution >= 0.6 is 31.3 Å². The maximum Gasteiger partial charge on any atom is 0.335 e. The summed E-state index contributed by atoms with van der Waals surface area (Å²) < 4.78 is 17.5. The lowest BCUT2D eigenvalue weighted by molar-refractivity contribution is 0.0697. The first kappa shape index (κ1) is 16.4. The van der Waals surface area contributed by atoms with Gasteiger partial charge in [0.05, 0.1) is 12.2 Å². The fraction of sp³-hybridized carbons (Fsp3) is 0.333. The molecule has 0 amide bonds. The monoisotopic (exact) mass is 318 g/mol. The molecule has 4 nitrogen and oxygen atoms in total. The molecule has 7 heteroatoms. The molecule has 0 aliphatic rings. The molecule has 104 valence electrons. The SMILES string of the molecule is CCOP(C)(=O)C(=S)SCc1ccc(C(=O)O)cc1. The number of rotatable bonds is 6. The zero-order valence-electron chi connectivity index (χ0n) is 10.7. The average molecular weight is 318 g/mol. The van der Waals surface area contributed by atoms with Gasteiger partial charge >= 0.3 is 5.97 Å². The number of hydrogen-bond donors (Lipinski definition) is 1. The Kier molecular flexibility index (Phi) is 6.20. The van der Waals surface area contributed by atoms with Crippen LogP contribution in [0.1, 0.15) is 22.8 Å². The topological polar surface area (TPSA) is 63.6 Å². The highest BCUT2D eigenvalue weighted by molar-refractivity contribution is 8.35. The normalized spacial score (nSPS) is 13.8. The van der Waals surface area contributed by atoms with E-state index in [1.54, 1.807) is 19.1 Å². The Hall–Kier alpha value is -0.680. The zero-order valence-corrected chi connectivity index (χ0v) is 13.2. The molecule has 0 aliphatic carbocycles. The van der Waals surface area contributed by atoms with Gasteiger partial charge in [-0.25, -0.2) is 4.79 Å². The number of aromatic carboxylic acids is 1. The van der Waals surface area contributed by atoms with Gasteiger partial charge < -0.3 is 9.63 Å². The zero-order chi connectivity index (χ0) is 14.5. The second kappa shape index (κ2) is 7.20. The van der Waals surface area contributed by atoms with Crippen molar-refractivity contribution in [3.05, 3.63) is 35.4 Å². The van der Waals surface area contributed by atoms with Crippen molar-refractivity contribution in [1.29, 1.82) is 0 Å². The third kappa shape index (κ3) is 5.07. The van der Waals surface area contributed by atoms with Crippen LogP contribution in [-0.2, 0) is 14.8 Å². The summed E-state index contributed by atoms with van der Waals surface area (Å²) in [6.45, 7) is 3.65. The summed E-state index contributed by atoms with van der Waals surface area (Å²) in [4.78, 5) is 10.7. The average Bonchev–Trinajstić information content (AvgIpc) is 2.36. The number of thiocarbonyl (C=S) groups is 1. The summed E-state index contributed by atoms with van der Waals surface area (Å²) in [5, 5.41) is 8.78. The van der Waals surface area contributed by atoms with Gasteiger partial charge in [0, 0.05) is 12.4 Å². The van der Waals surface area contributed by atoms with Gasteiger partial charge in [-0.1, -0.05) is 24.4 Å². The summed E-state index contributed by atoms with van der Waals surface area (Å²) >= 11 is 6.39. The van der Waals surface area contributed by atoms with Crippen molar-refractivity contribution in [3.63, 3.8) is 0 Å².